The molecule has 0 unspecified atom stereocenters. The van der Waals surface area contributed by atoms with Gasteiger partial charge < -0.3 is 47.4 Å². The lowest BCUT2D eigenvalue weighted by Gasteiger charge is -2.51. The number of carbonyl (C=O) groups excluding carboxylic acids is 3. The molecule has 4 aromatic rings. The first-order valence-corrected chi connectivity index (χ1v) is 21.3. The molecule has 16 nitrogen and oxygen atoms in total. The van der Waals surface area contributed by atoms with E-state index >= 15 is 0 Å². The van der Waals surface area contributed by atoms with E-state index in [0.717, 1.165) is 36.1 Å². The molecule has 0 radical (unpaired) electrons. The van der Waals surface area contributed by atoms with Crippen molar-refractivity contribution in [2.24, 2.45) is 5.11 Å². The molecule has 1 aliphatic heterocycles. The zero-order valence-electron chi connectivity index (χ0n) is 36.6. The first-order valence-electron chi connectivity index (χ1n) is 21.3. The SMILES string of the molecule is C=CCO[C@H]1[C@@H](OCc2ccccc2)[C@H](OCc2ccccc2)[C@@H](OCc2ccccc2)[C@H](OCc2ccccc2)[C@@H]1O[C@H]1O[C@H](COC(C)=O)[C@@H](OC(C)=O)[C@H](OC(C)=O)[C@H]1N=[N+]=[N-]. The molecule has 0 N–H and O–H groups in total. The van der Waals surface area contributed by atoms with Crippen LogP contribution in [-0.2, 0) is 88.2 Å². The number of rotatable bonds is 22. The lowest BCUT2D eigenvalue weighted by atomic mass is 9.83. The summed E-state index contributed by atoms with van der Waals surface area (Å²) in [5.74, 6) is -2.21. The normalized spacial score (nSPS) is 26.2. The Balaban J connectivity index is 1.51. The molecule has 1 aliphatic carbocycles. The Hall–Kier alpha value is -5.94. The third-order valence-electron chi connectivity index (χ3n) is 10.6. The fourth-order valence-corrected chi connectivity index (χ4v) is 7.81. The highest BCUT2D eigenvalue weighted by Gasteiger charge is 2.58. The number of ether oxygens (including phenoxy) is 10. The van der Waals surface area contributed by atoms with Gasteiger partial charge in [-0.1, -0.05) is 133 Å². The molecule has 2 fully saturated rings. The maximum absolute atomic E-state index is 12.7. The van der Waals surface area contributed by atoms with Crippen LogP contribution in [0.25, 0.3) is 10.4 Å². The summed E-state index contributed by atoms with van der Waals surface area (Å²) >= 11 is 0. The molecule has 0 amide bonds. The van der Waals surface area contributed by atoms with E-state index in [0.29, 0.717) is 0 Å². The van der Waals surface area contributed by atoms with Crippen molar-refractivity contribution in [2.75, 3.05) is 13.2 Å². The van der Waals surface area contributed by atoms with Gasteiger partial charge in [0, 0.05) is 25.7 Å². The second kappa shape index (κ2) is 24.9. The average molecular weight is 894 g/mol. The first-order chi connectivity index (χ1) is 31.6. The summed E-state index contributed by atoms with van der Waals surface area (Å²) in [7, 11) is 0. The largest absolute Gasteiger partial charge is 0.463 e. The zero-order chi connectivity index (χ0) is 46.0. The predicted octanol–water partition coefficient (Wildman–Crippen LogP) is 7.13. The molecule has 16 heteroatoms. The average Bonchev–Trinajstić information content (AvgIpc) is 3.31. The van der Waals surface area contributed by atoms with Gasteiger partial charge in [0.05, 0.1) is 33.0 Å². The van der Waals surface area contributed by atoms with Crippen molar-refractivity contribution in [3.05, 3.63) is 167 Å². The number of carbonyl (C=O) groups is 3. The fourth-order valence-electron chi connectivity index (χ4n) is 7.81. The summed E-state index contributed by atoms with van der Waals surface area (Å²) in [4.78, 5) is 40.4. The summed E-state index contributed by atoms with van der Waals surface area (Å²) < 4.78 is 64.5. The van der Waals surface area contributed by atoms with Crippen LogP contribution in [0.4, 0.5) is 0 Å². The second-order valence-corrected chi connectivity index (χ2v) is 15.4. The Kier molecular flexibility index (Phi) is 18.6. The first kappa shape index (κ1) is 48.5. The highest BCUT2D eigenvalue weighted by atomic mass is 16.7. The highest BCUT2D eigenvalue weighted by Crippen LogP contribution is 2.39. The van der Waals surface area contributed by atoms with Crippen molar-refractivity contribution in [2.45, 2.75) is 114 Å². The van der Waals surface area contributed by atoms with Crippen LogP contribution in [0, 0.1) is 0 Å². The zero-order valence-corrected chi connectivity index (χ0v) is 36.6. The Morgan fingerprint density at radius 2 is 0.954 bits per heavy atom. The van der Waals surface area contributed by atoms with Crippen molar-refractivity contribution in [3.8, 4) is 0 Å². The van der Waals surface area contributed by atoms with Crippen molar-refractivity contribution < 1.29 is 61.8 Å². The van der Waals surface area contributed by atoms with E-state index < -0.39 is 91.8 Å². The van der Waals surface area contributed by atoms with E-state index in [1.807, 2.05) is 121 Å². The Labute approximate surface area is 378 Å². The standard InChI is InChI=1S/C49H55N3O13/c1-5-26-56-46-44(59-28-36-20-12-7-13-21-36)43(58-27-35-18-10-6-11-19-35)45(60-29-37-22-14-8-15-23-37)47(61-30-38-24-16-9-17-25-38)48(46)65-49-40(51-52-50)42(63-34(4)55)41(62-33(3)54)39(64-49)31-57-32(2)53/h5-25,39-49H,1,26-31H2,2-4H3/t39-,40-,41-,42-,43+,44+,45-,46+,47+,48-,49-/m1/s1. The summed E-state index contributed by atoms with van der Waals surface area (Å²) in [5, 5.41) is 4.00. The lowest BCUT2D eigenvalue weighted by Crippen LogP contribution is -2.69. The van der Waals surface area contributed by atoms with Gasteiger partial charge in [-0.25, -0.2) is 0 Å². The van der Waals surface area contributed by atoms with Gasteiger partial charge in [-0.05, 0) is 27.8 Å². The van der Waals surface area contributed by atoms with Crippen molar-refractivity contribution in [3.63, 3.8) is 0 Å². The molecule has 0 aromatic heterocycles. The molecule has 2 aliphatic rings. The minimum absolute atomic E-state index is 0.0209. The van der Waals surface area contributed by atoms with Gasteiger partial charge in [0.2, 0.25) is 0 Å². The number of hydrogen-bond donors (Lipinski definition) is 0. The molecule has 65 heavy (non-hydrogen) atoms. The van der Waals surface area contributed by atoms with Gasteiger partial charge in [0.25, 0.3) is 0 Å². The molecule has 6 rings (SSSR count). The maximum Gasteiger partial charge on any atom is 0.303 e. The van der Waals surface area contributed by atoms with Crippen LogP contribution in [0.3, 0.4) is 0 Å². The Morgan fingerprint density at radius 1 is 0.569 bits per heavy atom. The minimum atomic E-state index is -1.57. The highest BCUT2D eigenvalue weighted by molar-refractivity contribution is 5.68. The third-order valence-corrected chi connectivity index (χ3v) is 10.6. The minimum Gasteiger partial charge on any atom is -0.463 e. The number of azide groups is 1. The molecule has 1 saturated carbocycles. The number of esters is 3. The summed E-state index contributed by atoms with van der Waals surface area (Å²) in [6.45, 7) is 7.48. The van der Waals surface area contributed by atoms with Gasteiger partial charge in [0.1, 0.15) is 55.4 Å². The van der Waals surface area contributed by atoms with E-state index in [1.165, 1.54) is 6.92 Å². The topological polar surface area (TPSA) is 192 Å². The Bertz CT molecular complexity index is 2150. The molecule has 11 atom stereocenters. The maximum atomic E-state index is 12.7. The van der Waals surface area contributed by atoms with E-state index in [9.17, 15) is 19.9 Å². The van der Waals surface area contributed by atoms with E-state index in [2.05, 4.69) is 16.6 Å². The molecule has 1 saturated heterocycles. The number of hydrogen-bond acceptors (Lipinski definition) is 14. The van der Waals surface area contributed by atoms with Crippen LogP contribution in [0.2, 0.25) is 0 Å². The van der Waals surface area contributed by atoms with E-state index in [4.69, 9.17) is 47.4 Å². The fraction of sp³-hybridized carbons (Fsp3) is 0.408. The quantitative estimate of drug-likeness (QED) is 0.0194. The molecular formula is C49H55N3O13. The molecule has 0 bridgehead atoms. The van der Waals surface area contributed by atoms with Crippen LogP contribution >= 0.6 is 0 Å². The number of nitrogens with zero attached hydrogens (tertiary/aromatic N) is 3. The Morgan fingerprint density at radius 3 is 1.32 bits per heavy atom. The molecular weight excluding hydrogens is 839 g/mol. The van der Waals surface area contributed by atoms with Gasteiger partial charge in [0.15, 0.2) is 18.5 Å². The summed E-state index contributed by atoms with van der Waals surface area (Å²) in [6.07, 6.45) is -10.2. The smallest absolute Gasteiger partial charge is 0.303 e. The third kappa shape index (κ3) is 14.0. The summed E-state index contributed by atoms with van der Waals surface area (Å²) in [6, 6.07) is 36.9. The van der Waals surface area contributed by atoms with Gasteiger partial charge in [-0.3, -0.25) is 14.4 Å². The summed E-state index contributed by atoms with van der Waals surface area (Å²) in [5.41, 5.74) is 13.4. The van der Waals surface area contributed by atoms with E-state index in [1.54, 1.807) is 6.08 Å². The van der Waals surface area contributed by atoms with Crippen molar-refractivity contribution in [1.29, 1.82) is 0 Å². The van der Waals surface area contributed by atoms with Crippen LogP contribution in [-0.4, -0.2) is 98.4 Å². The van der Waals surface area contributed by atoms with Gasteiger partial charge in [-0.2, -0.15) is 0 Å². The number of benzene rings is 4. The monoisotopic (exact) mass is 893 g/mol. The van der Waals surface area contributed by atoms with Crippen molar-refractivity contribution >= 4 is 17.9 Å². The predicted molar refractivity (Wildman–Crippen MR) is 234 cm³/mol. The van der Waals surface area contributed by atoms with Gasteiger partial charge in [-0.15, -0.1) is 6.58 Å². The lowest BCUT2D eigenvalue weighted by molar-refractivity contribution is -0.336. The van der Waals surface area contributed by atoms with Gasteiger partial charge >= 0.3 is 17.9 Å². The van der Waals surface area contributed by atoms with Crippen LogP contribution in [0.1, 0.15) is 43.0 Å². The molecule has 1 heterocycles. The second-order valence-electron chi connectivity index (χ2n) is 15.4. The molecule has 4 aromatic carbocycles. The van der Waals surface area contributed by atoms with Crippen molar-refractivity contribution in [1.82, 2.24) is 0 Å². The molecule has 344 valence electrons. The van der Waals surface area contributed by atoms with Crippen LogP contribution < -0.4 is 0 Å². The van der Waals surface area contributed by atoms with E-state index in [-0.39, 0.29) is 33.0 Å². The molecule has 0 spiro atoms. The van der Waals surface area contributed by atoms with Crippen LogP contribution in [0.15, 0.2) is 139 Å². The van der Waals surface area contributed by atoms with Crippen LogP contribution in [0.5, 0.6) is 0 Å².